The highest BCUT2D eigenvalue weighted by Gasteiger charge is 2.34. The Kier molecular flexibility index (Phi) is 9.54. The van der Waals surface area contributed by atoms with Crippen molar-refractivity contribution in [3.05, 3.63) is 24.0 Å². The summed E-state index contributed by atoms with van der Waals surface area (Å²) in [6.07, 6.45) is 13.1. The number of nitrogens with zero attached hydrogens (tertiary/aromatic N) is 5. The van der Waals surface area contributed by atoms with Crippen LogP contribution in [0.5, 0.6) is 0 Å². The molecule has 2 aromatic heterocycles. The number of alkyl halides is 1. The van der Waals surface area contributed by atoms with Gasteiger partial charge in [0.15, 0.2) is 5.82 Å². The Bertz CT molecular complexity index is 1040. The third-order valence-electron chi connectivity index (χ3n) is 7.65. The Labute approximate surface area is 226 Å². The number of unbranched alkanes of at least 4 members (excludes halogenated alkanes) is 6. The zero-order chi connectivity index (χ0) is 26.4. The van der Waals surface area contributed by atoms with Crippen LogP contribution in [0.4, 0.5) is 23.0 Å². The van der Waals surface area contributed by atoms with E-state index in [0.29, 0.717) is 29.7 Å². The number of amides is 1. The van der Waals surface area contributed by atoms with Crippen molar-refractivity contribution in [2.24, 2.45) is 0 Å². The van der Waals surface area contributed by atoms with Gasteiger partial charge in [-0.05, 0) is 26.5 Å². The first kappa shape index (κ1) is 27.5. The Hall–Kier alpha value is -2.52. The van der Waals surface area contributed by atoms with E-state index in [0.717, 1.165) is 38.2 Å². The maximum Gasteiger partial charge on any atom is 0.263 e. The van der Waals surface area contributed by atoms with E-state index >= 15 is 0 Å². The standard InChI is InChI=1S/C27H43ClN8O/c1-4-5-6-7-8-9-10-11-22-20(28)16-31-26-24(25(29)33-36(22)26)27(37)32-21-17-30-13-12-23(21)35-15-14-34(3)18-19(35)2/h12-13,17,19-20,22,31H,4-11,14-16,18H2,1-3H3,(H2,29,33)(H,32,37). The average molecular weight is 531 g/mol. The minimum atomic E-state index is -0.287. The van der Waals surface area contributed by atoms with E-state index in [-0.39, 0.29) is 23.1 Å². The van der Waals surface area contributed by atoms with Crippen LogP contribution in [0.15, 0.2) is 18.5 Å². The third-order valence-corrected chi connectivity index (χ3v) is 8.10. The van der Waals surface area contributed by atoms with Gasteiger partial charge in [0.2, 0.25) is 0 Å². The molecule has 4 N–H and O–H groups in total. The highest BCUT2D eigenvalue weighted by Crippen LogP contribution is 2.36. The van der Waals surface area contributed by atoms with Gasteiger partial charge in [0, 0.05) is 38.4 Å². The third kappa shape index (κ3) is 6.49. The highest BCUT2D eigenvalue weighted by molar-refractivity contribution is 6.21. The van der Waals surface area contributed by atoms with Crippen molar-refractivity contribution in [1.29, 1.82) is 0 Å². The molecular weight excluding hydrogens is 488 g/mol. The number of hydrogen-bond acceptors (Lipinski definition) is 7. The molecule has 10 heteroatoms. The van der Waals surface area contributed by atoms with E-state index in [4.69, 9.17) is 17.3 Å². The van der Waals surface area contributed by atoms with Crippen LogP contribution in [0.2, 0.25) is 0 Å². The Morgan fingerprint density at radius 2 is 1.97 bits per heavy atom. The lowest BCUT2D eigenvalue weighted by molar-refractivity contribution is 0.102. The normalized spacial score (nSPS) is 21.9. The first-order valence-corrected chi connectivity index (χ1v) is 14.3. The summed E-state index contributed by atoms with van der Waals surface area (Å²) in [7, 11) is 2.13. The molecule has 0 bridgehead atoms. The van der Waals surface area contributed by atoms with E-state index in [2.05, 4.69) is 51.4 Å². The minimum absolute atomic E-state index is 0.0116. The number of nitrogens with one attached hydrogen (secondary N) is 2. The molecule has 3 atom stereocenters. The summed E-state index contributed by atoms with van der Waals surface area (Å²) in [5, 5.41) is 10.8. The Balaban J connectivity index is 1.46. The van der Waals surface area contributed by atoms with Gasteiger partial charge in [-0.15, -0.1) is 11.6 Å². The maximum atomic E-state index is 13.5. The lowest BCUT2D eigenvalue weighted by Crippen LogP contribution is -2.50. The van der Waals surface area contributed by atoms with Crippen molar-refractivity contribution in [3.8, 4) is 0 Å². The van der Waals surface area contributed by atoms with Crippen molar-refractivity contribution >= 4 is 40.5 Å². The van der Waals surface area contributed by atoms with E-state index in [1.165, 1.54) is 38.5 Å². The predicted octanol–water partition coefficient (Wildman–Crippen LogP) is 4.97. The van der Waals surface area contributed by atoms with Gasteiger partial charge in [-0.2, -0.15) is 5.10 Å². The molecule has 3 unspecified atom stereocenters. The molecule has 4 rings (SSSR count). The molecule has 1 amide bonds. The number of rotatable bonds is 11. The molecule has 0 spiro atoms. The van der Waals surface area contributed by atoms with Crippen LogP contribution in [0.1, 0.15) is 81.6 Å². The summed E-state index contributed by atoms with van der Waals surface area (Å²) < 4.78 is 1.84. The predicted molar refractivity (Wildman–Crippen MR) is 153 cm³/mol. The second-order valence-electron chi connectivity index (χ2n) is 10.6. The zero-order valence-electron chi connectivity index (χ0n) is 22.5. The molecular formula is C27H43ClN8O. The number of carbonyl (C=O) groups excluding carboxylic acids is 1. The topological polar surface area (TPSA) is 104 Å². The molecule has 37 heavy (non-hydrogen) atoms. The van der Waals surface area contributed by atoms with Gasteiger partial charge >= 0.3 is 0 Å². The van der Waals surface area contributed by atoms with Crippen LogP contribution in [0, 0.1) is 0 Å². The quantitative estimate of drug-likeness (QED) is 0.278. The number of likely N-dealkylation sites (N-methyl/N-ethyl adjacent to an activating group) is 1. The Morgan fingerprint density at radius 1 is 1.22 bits per heavy atom. The van der Waals surface area contributed by atoms with Gasteiger partial charge < -0.3 is 26.2 Å². The molecule has 1 saturated heterocycles. The van der Waals surface area contributed by atoms with E-state index < -0.39 is 0 Å². The fraction of sp³-hybridized carbons (Fsp3) is 0.667. The van der Waals surface area contributed by atoms with E-state index in [1.54, 1.807) is 12.4 Å². The number of fused-ring (bicyclic) bond motifs is 1. The largest absolute Gasteiger partial charge is 0.381 e. The van der Waals surface area contributed by atoms with Gasteiger partial charge in [0.25, 0.3) is 5.91 Å². The number of carbonyl (C=O) groups is 1. The van der Waals surface area contributed by atoms with Crippen molar-refractivity contribution in [2.45, 2.75) is 82.7 Å². The fourth-order valence-corrected chi connectivity index (χ4v) is 5.91. The second kappa shape index (κ2) is 12.8. The molecule has 2 aromatic rings. The van der Waals surface area contributed by atoms with Gasteiger partial charge in [0.1, 0.15) is 11.4 Å². The molecule has 1 fully saturated rings. The molecule has 0 saturated carbocycles. The summed E-state index contributed by atoms with van der Waals surface area (Å²) >= 11 is 6.71. The summed E-state index contributed by atoms with van der Waals surface area (Å²) in [5.74, 6) is 0.581. The molecule has 0 radical (unpaired) electrons. The molecule has 0 aliphatic carbocycles. The number of halogens is 1. The highest BCUT2D eigenvalue weighted by atomic mass is 35.5. The number of nitrogens with two attached hydrogens (primary N) is 1. The number of anilines is 4. The van der Waals surface area contributed by atoms with Gasteiger partial charge in [-0.1, -0.05) is 51.9 Å². The first-order chi connectivity index (χ1) is 17.9. The van der Waals surface area contributed by atoms with Gasteiger partial charge in [-0.3, -0.25) is 9.78 Å². The monoisotopic (exact) mass is 530 g/mol. The summed E-state index contributed by atoms with van der Waals surface area (Å²) in [5.41, 5.74) is 8.33. The lowest BCUT2D eigenvalue weighted by Gasteiger charge is -2.40. The number of nitrogen functional groups attached to an aromatic ring is 1. The number of aromatic nitrogens is 3. The number of piperazine rings is 1. The van der Waals surface area contributed by atoms with Crippen LogP contribution in [0.3, 0.4) is 0 Å². The lowest BCUT2D eigenvalue weighted by atomic mass is 10.0. The molecule has 2 aliphatic heterocycles. The SMILES string of the molecule is CCCCCCCCCC1C(Cl)CNc2c(C(=O)Nc3cnccc3N3CCN(C)CC3C)c(N)nn21. The fourth-order valence-electron chi connectivity index (χ4n) is 5.60. The van der Waals surface area contributed by atoms with Crippen LogP contribution in [-0.2, 0) is 0 Å². The van der Waals surface area contributed by atoms with Gasteiger partial charge in [-0.25, -0.2) is 4.68 Å². The maximum absolute atomic E-state index is 13.5. The second-order valence-corrected chi connectivity index (χ2v) is 11.1. The van der Waals surface area contributed by atoms with E-state index in [1.807, 2.05) is 10.7 Å². The van der Waals surface area contributed by atoms with Crippen molar-refractivity contribution < 1.29 is 4.79 Å². The molecule has 2 aliphatic rings. The smallest absolute Gasteiger partial charge is 0.263 e. The molecule has 0 aromatic carbocycles. The van der Waals surface area contributed by atoms with Crippen LogP contribution < -0.4 is 21.3 Å². The average Bonchev–Trinajstić information content (AvgIpc) is 3.21. The zero-order valence-corrected chi connectivity index (χ0v) is 23.3. The van der Waals surface area contributed by atoms with Crippen LogP contribution in [0.25, 0.3) is 0 Å². The Morgan fingerprint density at radius 3 is 2.73 bits per heavy atom. The van der Waals surface area contributed by atoms with Crippen LogP contribution >= 0.6 is 11.6 Å². The first-order valence-electron chi connectivity index (χ1n) is 13.9. The van der Waals surface area contributed by atoms with E-state index in [9.17, 15) is 4.79 Å². The van der Waals surface area contributed by atoms with Crippen molar-refractivity contribution in [1.82, 2.24) is 19.7 Å². The van der Waals surface area contributed by atoms with Gasteiger partial charge in [0.05, 0.1) is 29.0 Å². The molecule has 4 heterocycles. The molecule has 9 nitrogen and oxygen atoms in total. The summed E-state index contributed by atoms with van der Waals surface area (Å²) in [6, 6.07) is 2.29. The summed E-state index contributed by atoms with van der Waals surface area (Å²) in [6.45, 7) is 7.83. The number of pyridine rings is 1. The minimum Gasteiger partial charge on any atom is -0.381 e. The van der Waals surface area contributed by atoms with Crippen LogP contribution in [-0.4, -0.2) is 70.2 Å². The number of hydrogen-bond donors (Lipinski definition) is 3. The van der Waals surface area contributed by atoms with Crippen molar-refractivity contribution in [3.63, 3.8) is 0 Å². The molecule has 204 valence electrons. The summed E-state index contributed by atoms with van der Waals surface area (Å²) in [4.78, 5) is 22.5. The van der Waals surface area contributed by atoms with Crippen molar-refractivity contribution in [2.75, 3.05) is 54.5 Å².